The molecule has 3 rings (SSSR count). The lowest BCUT2D eigenvalue weighted by molar-refractivity contribution is 0.456. The molecule has 0 amide bonds. The third kappa shape index (κ3) is 2.11. The Labute approximate surface area is 110 Å². The number of benzene rings is 1. The quantitative estimate of drug-likeness (QED) is 0.881. The molecule has 3 N–H and O–H groups in total. The van der Waals surface area contributed by atoms with Gasteiger partial charge in [-0.3, -0.25) is 0 Å². The third-order valence-electron chi connectivity index (χ3n) is 4.11. The van der Waals surface area contributed by atoms with Crippen molar-refractivity contribution in [3.05, 3.63) is 27.2 Å². The molecule has 3 heteroatoms. The number of nitrogens with two attached hydrogens (primary N) is 1. The van der Waals surface area contributed by atoms with Crippen molar-refractivity contribution in [1.82, 2.24) is 0 Å². The Bertz CT molecular complexity index is 466. The minimum Gasteiger partial charge on any atom is -0.506 e. The number of aromatic hydroxyl groups is 1. The standard InChI is InChI=1S/C14H18BrNO/c15-12-7-9-3-1-2-4-10(9)11(13(12)17)8-14(16)5-6-14/h7,17H,1-6,8,16H2. The van der Waals surface area contributed by atoms with Crippen LogP contribution < -0.4 is 5.73 Å². The van der Waals surface area contributed by atoms with Crippen molar-refractivity contribution < 1.29 is 5.11 Å². The zero-order valence-corrected chi connectivity index (χ0v) is 11.5. The molecule has 2 aliphatic carbocycles. The molecule has 1 fully saturated rings. The molecule has 0 unspecified atom stereocenters. The summed E-state index contributed by atoms with van der Waals surface area (Å²) < 4.78 is 0.831. The van der Waals surface area contributed by atoms with Crippen LogP contribution in [0.2, 0.25) is 0 Å². The van der Waals surface area contributed by atoms with Crippen molar-refractivity contribution in [2.75, 3.05) is 0 Å². The summed E-state index contributed by atoms with van der Waals surface area (Å²) in [5.41, 5.74) is 10.0. The first-order valence-electron chi connectivity index (χ1n) is 6.40. The summed E-state index contributed by atoms with van der Waals surface area (Å²) in [5.74, 6) is 0.419. The Morgan fingerprint density at radius 1 is 1.29 bits per heavy atom. The molecule has 92 valence electrons. The lowest BCUT2D eigenvalue weighted by atomic mass is 9.85. The highest BCUT2D eigenvalue weighted by Gasteiger charge is 2.39. The van der Waals surface area contributed by atoms with Gasteiger partial charge in [0, 0.05) is 11.1 Å². The number of aryl methyl sites for hydroxylation is 1. The molecule has 0 saturated heterocycles. The van der Waals surface area contributed by atoms with E-state index in [2.05, 4.69) is 22.0 Å². The Morgan fingerprint density at radius 3 is 2.71 bits per heavy atom. The van der Waals surface area contributed by atoms with Crippen molar-refractivity contribution in [3.63, 3.8) is 0 Å². The zero-order chi connectivity index (χ0) is 12.0. The summed E-state index contributed by atoms with van der Waals surface area (Å²) in [4.78, 5) is 0. The Kier molecular flexibility index (Phi) is 2.71. The number of phenolic OH excluding ortho intramolecular Hbond substituents is 1. The van der Waals surface area contributed by atoms with Gasteiger partial charge < -0.3 is 10.8 Å². The highest BCUT2D eigenvalue weighted by atomic mass is 79.9. The predicted molar refractivity (Wildman–Crippen MR) is 72.3 cm³/mol. The van der Waals surface area contributed by atoms with Gasteiger partial charge in [-0.25, -0.2) is 0 Å². The van der Waals surface area contributed by atoms with Gasteiger partial charge in [0.2, 0.25) is 0 Å². The number of phenols is 1. The number of hydrogen-bond acceptors (Lipinski definition) is 2. The SMILES string of the molecule is NC1(Cc2c(O)c(Br)cc3c2CCCC3)CC1. The smallest absolute Gasteiger partial charge is 0.133 e. The van der Waals surface area contributed by atoms with Crippen LogP contribution in [0.5, 0.6) is 5.75 Å². The largest absolute Gasteiger partial charge is 0.506 e. The van der Waals surface area contributed by atoms with Crippen LogP contribution in [0.25, 0.3) is 0 Å². The highest BCUT2D eigenvalue weighted by Crippen LogP contribution is 2.43. The second kappa shape index (κ2) is 3.99. The third-order valence-corrected chi connectivity index (χ3v) is 4.71. The number of halogens is 1. The van der Waals surface area contributed by atoms with Gasteiger partial charge >= 0.3 is 0 Å². The maximum atomic E-state index is 10.2. The molecule has 0 heterocycles. The molecular weight excluding hydrogens is 278 g/mol. The molecule has 0 radical (unpaired) electrons. The summed E-state index contributed by atoms with van der Waals surface area (Å²) >= 11 is 3.46. The van der Waals surface area contributed by atoms with E-state index in [4.69, 9.17) is 5.73 Å². The zero-order valence-electron chi connectivity index (χ0n) is 9.93. The molecule has 0 aromatic heterocycles. The van der Waals surface area contributed by atoms with Gasteiger partial charge in [0.25, 0.3) is 0 Å². The number of fused-ring (bicyclic) bond motifs is 1. The van der Waals surface area contributed by atoms with Crippen LogP contribution in [0.4, 0.5) is 0 Å². The summed E-state index contributed by atoms with van der Waals surface area (Å²) in [6.45, 7) is 0. The average molecular weight is 296 g/mol. The van der Waals surface area contributed by atoms with Crippen LogP contribution in [0.15, 0.2) is 10.5 Å². The van der Waals surface area contributed by atoms with Crippen LogP contribution in [0, 0.1) is 0 Å². The first-order chi connectivity index (χ1) is 8.09. The maximum Gasteiger partial charge on any atom is 0.133 e. The van der Waals surface area contributed by atoms with E-state index in [1.54, 1.807) is 0 Å². The van der Waals surface area contributed by atoms with Crippen LogP contribution in [-0.4, -0.2) is 10.6 Å². The van der Waals surface area contributed by atoms with Gasteiger partial charge in [-0.15, -0.1) is 0 Å². The molecule has 1 aromatic rings. The molecular formula is C14H18BrNO. The van der Waals surface area contributed by atoms with Crippen molar-refractivity contribution >= 4 is 15.9 Å². The fraction of sp³-hybridized carbons (Fsp3) is 0.571. The summed E-state index contributed by atoms with van der Waals surface area (Å²) in [6.07, 6.45) is 7.75. The van der Waals surface area contributed by atoms with Gasteiger partial charge in [0.15, 0.2) is 0 Å². The lowest BCUT2D eigenvalue weighted by Crippen LogP contribution is -2.26. The second-order valence-electron chi connectivity index (χ2n) is 5.57. The molecule has 2 nitrogen and oxygen atoms in total. The number of hydrogen-bond donors (Lipinski definition) is 2. The molecule has 0 spiro atoms. The van der Waals surface area contributed by atoms with Crippen molar-refractivity contribution in [2.24, 2.45) is 5.73 Å². The van der Waals surface area contributed by atoms with Crippen LogP contribution in [0.1, 0.15) is 42.4 Å². The van der Waals surface area contributed by atoms with Gasteiger partial charge in [0.1, 0.15) is 5.75 Å². The predicted octanol–water partition coefficient (Wildman–Crippen LogP) is 3.07. The average Bonchev–Trinajstić information content (AvgIpc) is 3.03. The molecule has 0 bridgehead atoms. The lowest BCUT2D eigenvalue weighted by Gasteiger charge is -2.23. The molecule has 2 aliphatic rings. The van der Waals surface area contributed by atoms with Crippen molar-refractivity contribution in [3.8, 4) is 5.75 Å². The monoisotopic (exact) mass is 295 g/mol. The number of rotatable bonds is 2. The molecule has 1 saturated carbocycles. The van der Waals surface area contributed by atoms with Crippen molar-refractivity contribution in [2.45, 2.75) is 50.5 Å². The molecule has 0 atom stereocenters. The van der Waals surface area contributed by atoms with E-state index in [9.17, 15) is 5.11 Å². The summed E-state index contributed by atoms with van der Waals surface area (Å²) in [6, 6.07) is 2.09. The second-order valence-corrected chi connectivity index (χ2v) is 6.42. The van der Waals surface area contributed by atoms with Crippen LogP contribution in [-0.2, 0) is 19.3 Å². The van der Waals surface area contributed by atoms with Crippen LogP contribution >= 0.6 is 15.9 Å². The topological polar surface area (TPSA) is 46.2 Å². The summed E-state index contributed by atoms with van der Waals surface area (Å²) in [7, 11) is 0. The van der Waals surface area contributed by atoms with E-state index >= 15 is 0 Å². The first-order valence-corrected chi connectivity index (χ1v) is 7.19. The van der Waals surface area contributed by atoms with E-state index in [1.807, 2.05) is 0 Å². The maximum absolute atomic E-state index is 10.2. The van der Waals surface area contributed by atoms with Gasteiger partial charge in [0.05, 0.1) is 4.47 Å². The van der Waals surface area contributed by atoms with E-state index in [-0.39, 0.29) is 5.54 Å². The van der Waals surface area contributed by atoms with Gasteiger partial charge in [-0.2, -0.15) is 0 Å². The fourth-order valence-corrected chi connectivity index (χ4v) is 3.34. The van der Waals surface area contributed by atoms with E-state index in [1.165, 1.54) is 24.0 Å². The minimum atomic E-state index is -0.0382. The van der Waals surface area contributed by atoms with Gasteiger partial charge in [-0.1, -0.05) is 0 Å². The summed E-state index contributed by atoms with van der Waals surface area (Å²) in [5, 5.41) is 10.2. The van der Waals surface area contributed by atoms with Gasteiger partial charge in [-0.05, 0) is 78.1 Å². The van der Waals surface area contributed by atoms with E-state index in [0.29, 0.717) is 5.75 Å². The Hall–Kier alpha value is -0.540. The van der Waals surface area contributed by atoms with E-state index in [0.717, 1.165) is 42.1 Å². The Morgan fingerprint density at radius 2 is 2.00 bits per heavy atom. The van der Waals surface area contributed by atoms with Crippen molar-refractivity contribution in [1.29, 1.82) is 0 Å². The van der Waals surface area contributed by atoms with Crippen LogP contribution in [0.3, 0.4) is 0 Å². The molecule has 0 aliphatic heterocycles. The highest BCUT2D eigenvalue weighted by molar-refractivity contribution is 9.10. The van der Waals surface area contributed by atoms with E-state index < -0.39 is 0 Å². The minimum absolute atomic E-state index is 0.0382. The Balaban J connectivity index is 2.06. The first kappa shape index (κ1) is 11.5. The molecule has 1 aromatic carbocycles. The normalized spacial score (nSPS) is 21.1. The fourth-order valence-electron chi connectivity index (χ4n) is 2.82. The molecule has 17 heavy (non-hydrogen) atoms.